The molecule has 0 saturated heterocycles. The number of benzene rings is 1. The first kappa shape index (κ1) is 12.0. The number of alkyl halides is 2. The highest BCUT2D eigenvalue weighted by molar-refractivity contribution is 7.13. The second-order valence-electron chi connectivity index (χ2n) is 3.73. The van der Waals surface area contributed by atoms with E-state index in [-0.39, 0.29) is 5.88 Å². The molecule has 3 nitrogen and oxygen atoms in total. The molecule has 1 aromatic carbocycles. The van der Waals surface area contributed by atoms with Crippen LogP contribution in [0.5, 0.6) is 5.88 Å². The molecule has 2 heterocycles. The Kier molecular flexibility index (Phi) is 3.08. The van der Waals surface area contributed by atoms with Crippen LogP contribution in [0.4, 0.5) is 8.78 Å². The van der Waals surface area contributed by atoms with Gasteiger partial charge < -0.3 is 4.74 Å². The Morgan fingerprint density at radius 3 is 2.63 bits per heavy atom. The topological polar surface area (TPSA) is 35.0 Å². The van der Waals surface area contributed by atoms with Crippen LogP contribution in [-0.2, 0) is 0 Å². The molecule has 0 N–H and O–H groups in total. The van der Waals surface area contributed by atoms with Gasteiger partial charge in [-0.25, -0.2) is 4.98 Å². The van der Waals surface area contributed by atoms with Crippen LogP contribution in [0, 0.1) is 0 Å². The first-order valence-corrected chi connectivity index (χ1v) is 6.37. The monoisotopic (exact) mass is 278 g/mol. The van der Waals surface area contributed by atoms with Crippen LogP contribution in [0.2, 0.25) is 0 Å². The van der Waals surface area contributed by atoms with E-state index in [1.54, 1.807) is 24.3 Å². The fourth-order valence-electron chi connectivity index (χ4n) is 1.74. The third-order valence-electron chi connectivity index (χ3n) is 2.51. The zero-order valence-corrected chi connectivity index (χ0v) is 10.4. The van der Waals surface area contributed by atoms with Crippen molar-refractivity contribution < 1.29 is 13.5 Å². The van der Waals surface area contributed by atoms with Crippen LogP contribution in [-0.4, -0.2) is 16.6 Å². The van der Waals surface area contributed by atoms with Gasteiger partial charge in [-0.1, -0.05) is 18.2 Å². The molecule has 0 atom stereocenters. The minimum atomic E-state index is -2.91. The van der Waals surface area contributed by atoms with Gasteiger partial charge in [0, 0.05) is 0 Å². The van der Waals surface area contributed by atoms with Crippen LogP contribution < -0.4 is 4.74 Å². The van der Waals surface area contributed by atoms with E-state index < -0.39 is 6.61 Å². The Labute approximate surface area is 111 Å². The number of nitrogens with zero attached hydrogens (tertiary/aromatic N) is 2. The highest BCUT2D eigenvalue weighted by atomic mass is 32.1. The minimum Gasteiger partial charge on any atom is -0.416 e. The molecule has 0 fully saturated rings. The summed E-state index contributed by atoms with van der Waals surface area (Å²) in [5.74, 6) is 0.299. The normalized spacial score (nSPS) is 11.1. The van der Waals surface area contributed by atoms with E-state index in [9.17, 15) is 8.78 Å². The average molecular weight is 278 g/mol. The molecular formula is C13H8F2N2OS. The van der Waals surface area contributed by atoms with E-state index in [1.807, 2.05) is 17.5 Å². The van der Waals surface area contributed by atoms with Crippen LogP contribution in [0.25, 0.3) is 21.6 Å². The van der Waals surface area contributed by atoms with Gasteiger partial charge in [0.15, 0.2) is 5.82 Å². The van der Waals surface area contributed by atoms with Gasteiger partial charge in [-0.3, -0.25) is 0 Å². The van der Waals surface area contributed by atoms with Crippen LogP contribution in [0.15, 0.2) is 41.8 Å². The van der Waals surface area contributed by atoms with Crippen LogP contribution in [0.1, 0.15) is 0 Å². The molecule has 0 radical (unpaired) electrons. The second-order valence-corrected chi connectivity index (χ2v) is 4.67. The molecular weight excluding hydrogens is 270 g/mol. The summed E-state index contributed by atoms with van der Waals surface area (Å²) in [5, 5.41) is 2.35. The largest absolute Gasteiger partial charge is 0.416 e. The summed E-state index contributed by atoms with van der Waals surface area (Å²) < 4.78 is 29.4. The van der Waals surface area contributed by atoms with Crippen molar-refractivity contribution in [2.24, 2.45) is 0 Å². The number of hydrogen-bond acceptors (Lipinski definition) is 4. The molecule has 2 aromatic heterocycles. The predicted octanol–water partition coefficient (Wildman–Crippen LogP) is 3.96. The number of thiophene rings is 1. The maximum absolute atomic E-state index is 12.4. The van der Waals surface area contributed by atoms with E-state index in [4.69, 9.17) is 0 Å². The Morgan fingerprint density at radius 2 is 1.89 bits per heavy atom. The van der Waals surface area contributed by atoms with Crippen molar-refractivity contribution in [3.8, 4) is 16.6 Å². The van der Waals surface area contributed by atoms with Crippen molar-refractivity contribution >= 4 is 22.2 Å². The van der Waals surface area contributed by atoms with E-state index >= 15 is 0 Å². The van der Waals surface area contributed by atoms with Gasteiger partial charge >= 0.3 is 6.61 Å². The lowest BCUT2D eigenvalue weighted by molar-refractivity contribution is -0.0516. The van der Waals surface area contributed by atoms with Crippen molar-refractivity contribution in [1.29, 1.82) is 0 Å². The standard InChI is InChI=1S/C13H8F2N2OS/c14-13(15)18-12-8-4-1-2-5-9(8)16-11(17-12)10-6-3-7-19-10/h1-7,13H. The first-order chi connectivity index (χ1) is 9.24. The second kappa shape index (κ2) is 4.89. The molecule has 3 rings (SSSR count). The molecule has 19 heavy (non-hydrogen) atoms. The van der Waals surface area contributed by atoms with Crippen LogP contribution in [0.3, 0.4) is 0 Å². The summed E-state index contributed by atoms with van der Waals surface area (Å²) >= 11 is 1.44. The minimum absolute atomic E-state index is 0.0935. The molecule has 6 heteroatoms. The Hall–Kier alpha value is -2.08. The van der Waals surface area contributed by atoms with E-state index in [2.05, 4.69) is 14.7 Å². The number of ether oxygens (including phenoxy) is 1. The molecule has 3 aromatic rings. The number of halogens is 2. The third-order valence-corrected chi connectivity index (χ3v) is 3.38. The number of hydrogen-bond donors (Lipinski definition) is 0. The lowest BCUT2D eigenvalue weighted by atomic mass is 10.2. The molecule has 0 spiro atoms. The molecule has 0 amide bonds. The van der Waals surface area contributed by atoms with Gasteiger partial charge in [-0.05, 0) is 23.6 Å². The third kappa shape index (κ3) is 2.39. The Bertz CT molecular complexity index is 701. The Balaban J connectivity index is 2.20. The van der Waals surface area contributed by atoms with Crippen molar-refractivity contribution in [3.63, 3.8) is 0 Å². The highest BCUT2D eigenvalue weighted by Crippen LogP contribution is 2.29. The van der Waals surface area contributed by atoms with Gasteiger partial charge in [-0.15, -0.1) is 11.3 Å². The predicted molar refractivity (Wildman–Crippen MR) is 69.5 cm³/mol. The molecule has 0 saturated carbocycles. The van der Waals surface area contributed by atoms with Gasteiger partial charge in [0.05, 0.1) is 15.8 Å². The maximum Gasteiger partial charge on any atom is 0.388 e. The summed E-state index contributed by atoms with van der Waals surface area (Å²) in [4.78, 5) is 9.25. The quantitative estimate of drug-likeness (QED) is 0.727. The van der Waals surface area contributed by atoms with Gasteiger partial charge in [0.2, 0.25) is 5.88 Å². The number of aromatic nitrogens is 2. The zero-order chi connectivity index (χ0) is 13.2. The molecule has 0 unspecified atom stereocenters. The SMILES string of the molecule is FC(F)Oc1nc(-c2cccs2)nc2ccccc12. The Morgan fingerprint density at radius 1 is 1.05 bits per heavy atom. The van der Waals surface area contributed by atoms with E-state index in [0.717, 1.165) is 4.88 Å². The highest BCUT2D eigenvalue weighted by Gasteiger charge is 2.14. The lowest BCUT2D eigenvalue weighted by Gasteiger charge is -2.08. The summed E-state index contributed by atoms with van der Waals surface area (Å²) in [6, 6.07) is 10.6. The van der Waals surface area contributed by atoms with Gasteiger partial charge in [0.1, 0.15) is 0 Å². The zero-order valence-electron chi connectivity index (χ0n) is 9.59. The summed E-state index contributed by atoms with van der Waals surface area (Å²) in [7, 11) is 0. The molecule has 0 aliphatic heterocycles. The number of rotatable bonds is 3. The van der Waals surface area contributed by atoms with Gasteiger partial charge in [0.25, 0.3) is 0 Å². The fourth-order valence-corrected chi connectivity index (χ4v) is 2.40. The number of para-hydroxylation sites is 1. The molecule has 0 aliphatic carbocycles. The van der Waals surface area contributed by atoms with Crippen molar-refractivity contribution in [1.82, 2.24) is 9.97 Å². The van der Waals surface area contributed by atoms with Crippen molar-refractivity contribution in [2.75, 3.05) is 0 Å². The fraction of sp³-hybridized carbons (Fsp3) is 0.0769. The van der Waals surface area contributed by atoms with E-state index in [0.29, 0.717) is 16.7 Å². The smallest absolute Gasteiger partial charge is 0.388 e. The summed E-state index contributed by atoms with van der Waals surface area (Å²) in [6.07, 6.45) is 0. The first-order valence-electron chi connectivity index (χ1n) is 5.49. The maximum atomic E-state index is 12.4. The summed E-state index contributed by atoms with van der Waals surface area (Å²) in [6.45, 7) is -2.91. The molecule has 0 bridgehead atoms. The molecule has 96 valence electrons. The molecule has 0 aliphatic rings. The van der Waals surface area contributed by atoms with Crippen LogP contribution >= 0.6 is 11.3 Å². The van der Waals surface area contributed by atoms with Crippen molar-refractivity contribution in [2.45, 2.75) is 6.61 Å². The van der Waals surface area contributed by atoms with Gasteiger partial charge in [-0.2, -0.15) is 13.8 Å². The van der Waals surface area contributed by atoms with E-state index in [1.165, 1.54) is 11.3 Å². The van der Waals surface area contributed by atoms with Crippen molar-refractivity contribution in [3.05, 3.63) is 41.8 Å². The summed E-state index contributed by atoms with van der Waals surface area (Å²) in [5.41, 5.74) is 0.580. The average Bonchev–Trinajstić information content (AvgIpc) is 2.92. The lowest BCUT2D eigenvalue weighted by Crippen LogP contribution is -2.05. The number of fused-ring (bicyclic) bond motifs is 1.